The second-order valence-corrected chi connectivity index (χ2v) is 4.84. The Balaban J connectivity index is 1.90. The third-order valence-electron chi connectivity index (χ3n) is 2.72. The van der Waals surface area contributed by atoms with Gasteiger partial charge in [0.2, 0.25) is 0 Å². The van der Waals surface area contributed by atoms with E-state index in [0.29, 0.717) is 12.1 Å². The fourth-order valence-electron chi connectivity index (χ4n) is 1.81. The highest BCUT2D eigenvalue weighted by atomic mass is 32.1. The van der Waals surface area contributed by atoms with Crippen molar-refractivity contribution in [2.75, 3.05) is 0 Å². The molecule has 3 aromatic rings. The van der Waals surface area contributed by atoms with E-state index in [0.717, 1.165) is 11.9 Å². The predicted octanol–water partition coefficient (Wildman–Crippen LogP) is 2.03. The first-order valence-corrected chi connectivity index (χ1v) is 6.27. The first-order valence-electron chi connectivity index (χ1n) is 5.39. The molecule has 5 heteroatoms. The molecule has 86 valence electrons. The zero-order valence-corrected chi connectivity index (χ0v) is 9.91. The van der Waals surface area contributed by atoms with Crippen molar-refractivity contribution in [2.24, 2.45) is 0 Å². The number of aryl methyl sites for hydroxylation is 2. The van der Waals surface area contributed by atoms with Crippen molar-refractivity contribution in [3.05, 3.63) is 51.3 Å². The molecule has 0 aliphatic heterocycles. The number of fused-ring (bicyclic) bond motifs is 1. The van der Waals surface area contributed by atoms with E-state index in [2.05, 4.69) is 16.0 Å². The second-order valence-electron chi connectivity index (χ2n) is 3.81. The van der Waals surface area contributed by atoms with E-state index in [1.165, 1.54) is 4.88 Å². The van der Waals surface area contributed by atoms with Gasteiger partial charge in [-0.25, -0.2) is 4.98 Å². The Morgan fingerprint density at radius 1 is 1.41 bits per heavy atom. The van der Waals surface area contributed by atoms with E-state index in [9.17, 15) is 4.79 Å². The summed E-state index contributed by atoms with van der Waals surface area (Å²) in [5.41, 5.74) is 1.30. The van der Waals surface area contributed by atoms with Crippen molar-refractivity contribution in [3.63, 3.8) is 0 Å². The molecule has 4 nitrogen and oxygen atoms in total. The Labute approximate surface area is 102 Å². The van der Waals surface area contributed by atoms with Gasteiger partial charge in [0.1, 0.15) is 5.52 Å². The standard InChI is InChI=1S/C12H11N3OS/c16-12-11-10(3-5-13-11)14-8-15(12)6-4-9-2-1-7-17-9/h1-3,5,7-8,13H,4,6H2. The molecule has 1 N–H and O–H groups in total. The molecule has 3 aromatic heterocycles. The van der Waals surface area contributed by atoms with Crippen molar-refractivity contribution < 1.29 is 0 Å². The van der Waals surface area contributed by atoms with E-state index in [-0.39, 0.29) is 5.56 Å². The number of hydrogen-bond donors (Lipinski definition) is 1. The van der Waals surface area contributed by atoms with Crippen LogP contribution in [0.15, 0.2) is 40.9 Å². The van der Waals surface area contributed by atoms with Gasteiger partial charge in [0.25, 0.3) is 5.56 Å². The molecule has 0 saturated carbocycles. The van der Waals surface area contributed by atoms with Crippen LogP contribution in [-0.4, -0.2) is 14.5 Å². The lowest BCUT2D eigenvalue weighted by atomic mass is 10.3. The summed E-state index contributed by atoms with van der Waals surface area (Å²) >= 11 is 1.71. The number of rotatable bonds is 3. The van der Waals surface area contributed by atoms with Crippen LogP contribution in [0, 0.1) is 0 Å². The molecule has 0 atom stereocenters. The quantitative estimate of drug-likeness (QED) is 0.767. The molecule has 0 aliphatic rings. The van der Waals surface area contributed by atoms with Gasteiger partial charge in [-0.05, 0) is 23.9 Å². The van der Waals surface area contributed by atoms with Gasteiger partial charge in [0.05, 0.1) is 11.8 Å². The van der Waals surface area contributed by atoms with Crippen molar-refractivity contribution in [1.29, 1.82) is 0 Å². The van der Waals surface area contributed by atoms with Gasteiger partial charge in [-0.1, -0.05) is 6.07 Å². The summed E-state index contributed by atoms with van der Waals surface area (Å²) in [6.45, 7) is 0.668. The van der Waals surface area contributed by atoms with Crippen molar-refractivity contribution in [1.82, 2.24) is 14.5 Å². The Hall–Kier alpha value is -1.88. The summed E-state index contributed by atoms with van der Waals surface area (Å²) in [7, 11) is 0. The van der Waals surface area contributed by atoms with E-state index in [1.807, 2.05) is 11.4 Å². The van der Waals surface area contributed by atoms with Crippen LogP contribution in [0.25, 0.3) is 11.0 Å². The summed E-state index contributed by atoms with van der Waals surface area (Å²) in [5.74, 6) is 0. The fourth-order valence-corrected chi connectivity index (χ4v) is 2.51. The summed E-state index contributed by atoms with van der Waals surface area (Å²) in [6, 6.07) is 5.91. The molecule has 0 aliphatic carbocycles. The van der Waals surface area contributed by atoms with Gasteiger partial charge < -0.3 is 4.98 Å². The maximum Gasteiger partial charge on any atom is 0.277 e. The number of nitrogens with zero attached hydrogens (tertiary/aromatic N) is 2. The molecule has 0 saturated heterocycles. The van der Waals surface area contributed by atoms with Crippen LogP contribution in [0.1, 0.15) is 4.88 Å². The number of hydrogen-bond acceptors (Lipinski definition) is 3. The third-order valence-corrected chi connectivity index (χ3v) is 3.65. The van der Waals surface area contributed by atoms with Crippen LogP contribution in [0.3, 0.4) is 0 Å². The van der Waals surface area contributed by atoms with Gasteiger partial charge in [0.15, 0.2) is 0 Å². The Morgan fingerprint density at radius 3 is 3.18 bits per heavy atom. The molecule has 3 heterocycles. The molecule has 0 fully saturated rings. The van der Waals surface area contributed by atoms with E-state index >= 15 is 0 Å². The highest BCUT2D eigenvalue weighted by molar-refractivity contribution is 7.09. The highest BCUT2D eigenvalue weighted by Gasteiger charge is 2.04. The van der Waals surface area contributed by atoms with Crippen LogP contribution in [-0.2, 0) is 13.0 Å². The largest absolute Gasteiger partial charge is 0.355 e. The third kappa shape index (κ3) is 1.89. The zero-order valence-electron chi connectivity index (χ0n) is 9.09. The zero-order chi connectivity index (χ0) is 11.7. The molecule has 17 heavy (non-hydrogen) atoms. The average Bonchev–Trinajstić information content (AvgIpc) is 2.99. The Bertz CT molecular complexity index is 681. The van der Waals surface area contributed by atoms with Crippen molar-refractivity contribution >= 4 is 22.4 Å². The van der Waals surface area contributed by atoms with E-state index in [4.69, 9.17) is 0 Å². The maximum absolute atomic E-state index is 12.0. The SMILES string of the molecule is O=c1c2[nH]ccc2ncn1CCc1cccs1. The van der Waals surface area contributed by atoms with E-state index < -0.39 is 0 Å². The van der Waals surface area contributed by atoms with Crippen LogP contribution in [0.5, 0.6) is 0 Å². The molecular formula is C12H11N3OS. The number of aromatic nitrogens is 3. The first kappa shape index (κ1) is 10.3. The maximum atomic E-state index is 12.0. The Morgan fingerprint density at radius 2 is 2.35 bits per heavy atom. The molecule has 0 bridgehead atoms. The van der Waals surface area contributed by atoms with Gasteiger partial charge in [-0.3, -0.25) is 9.36 Å². The number of thiophene rings is 1. The van der Waals surface area contributed by atoms with Crippen LogP contribution < -0.4 is 5.56 Å². The van der Waals surface area contributed by atoms with Crippen LogP contribution in [0.4, 0.5) is 0 Å². The molecule has 0 radical (unpaired) electrons. The summed E-state index contributed by atoms with van der Waals surface area (Å²) in [5, 5.41) is 2.05. The predicted molar refractivity (Wildman–Crippen MR) is 68.4 cm³/mol. The molecule has 0 aromatic carbocycles. The lowest BCUT2D eigenvalue weighted by molar-refractivity contribution is 0.666. The smallest absolute Gasteiger partial charge is 0.277 e. The van der Waals surface area contributed by atoms with Gasteiger partial charge in [0, 0.05) is 17.6 Å². The molecular weight excluding hydrogens is 234 g/mol. The van der Waals surface area contributed by atoms with Crippen molar-refractivity contribution in [2.45, 2.75) is 13.0 Å². The molecule has 3 rings (SSSR count). The molecule has 0 unspecified atom stereocenters. The number of H-pyrrole nitrogens is 1. The molecule has 0 amide bonds. The molecule has 0 spiro atoms. The van der Waals surface area contributed by atoms with Gasteiger partial charge >= 0.3 is 0 Å². The Kier molecular flexibility index (Phi) is 2.53. The van der Waals surface area contributed by atoms with Crippen molar-refractivity contribution in [3.8, 4) is 0 Å². The minimum Gasteiger partial charge on any atom is -0.355 e. The summed E-state index contributed by atoms with van der Waals surface area (Å²) < 4.78 is 1.65. The monoisotopic (exact) mass is 245 g/mol. The van der Waals surface area contributed by atoms with Gasteiger partial charge in [-0.2, -0.15) is 0 Å². The highest BCUT2D eigenvalue weighted by Crippen LogP contribution is 2.10. The van der Waals surface area contributed by atoms with Crippen LogP contribution in [0.2, 0.25) is 0 Å². The average molecular weight is 245 g/mol. The minimum absolute atomic E-state index is 0.00319. The van der Waals surface area contributed by atoms with Gasteiger partial charge in [-0.15, -0.1) is 11.3 Å². The second kappa shape index (κ2) is 4.18. The topological polar surface area (TPSA) is 50.7 Å². The van der Waals surface area contributed by atoms with Crippen LogP contribution >= 0.6 is 11.3 Å². The number of aromatic amines is 1. The lowest BCUT2D eigenvalue weighted by Crippen LogP contribution is -2.21. The summed E-state index contributed by atoms with van der Waals surface area (Å²) in [4.78, 5) is 20.5. The first-order chi connectivity index (χ1) is 8.34. The fraction of sp³-hybridized carbons (Fsp3) is 0.167. The lowest BCUT2D eigenvalue weighted by Gasteiger charge is -2.03. The summed E-state index contributed by atoms with van der Waals surface area (Å²) in [6.07, 6.45) is 4.22. The van der Waals surface area contributed by atoms with E-state index in [1.54, 1.807) is 34.5 Å². The number of nitrogens with one attached hydrogen (secondary N) is 1. The minimum atomic E-state index is -0.00319. The normalized spacial score (nSPS) is 11.1.